The van der Waals surface area contributed by atoms with E-state index in [2.05, 4.69) is 33.9 Å². The monoisotopic (exact) mass is 319 g/mol. The smallest absolute Gasteiger partial charge is 0.315 e. The predicted molar refractivity (Wildman–Crippen MR) is 86.8 cm³/mol. The summed E-state index contributed by atoms with van der Waals surface area (Å²) < 4.78 is 5.18. The number of thiophene rings is 1. The maximum Gasteiger partial charge on any atom is 0.315 e. The molecule has 22 heavy (non-hydrogen) atoms. The third kappa shape index (κ3) is 3.69. The summed E-state index contributed by atoms with van der Waals surface area (Å²) in [5, 5.41) is 7.89. The fourth-order valence-electron chi connectivity index (χ4n) is 2.66. The Morgan fingerprint density at radius 2 is 2.36 bits per heavy atom. The van der Waals surface area contributed by atoms with Crippen LogP contribution in [0.15, 0.2) is 34.3 Å². The van der Waals surface area contributed by atoms with Crippen LogP contribution < -0.4 is 10.6 Å². The highest BCUT2D eigenvalue weighted by molar-refractivity contribution is 7.10. The van der Waals surface area contributed by atoms with Gasteiger partial charge in [-0.15, -0.1) is 11.3 Å². The highest BCUT2D eigenvalue weighted by Crippen LogP contribution is 2.24. The van der Waals surface area contributed by atoms with E-state index in [1.807, 2.05) is 23.5 Å². The van der Waals surface area contributed by atoms with Crippen molar-refractivity contribution in [3.63, 3.8) is 0 Å². The summed E-state index contributed by atoms with van der Waals surface area (Å²) in [6.07, 6.45) is 2.72. The number of hydrogen-bond acceptors (Lipinski definition) is 4. The molecule has 118 valence electrons. The average molecular weight is 319 g/mol. The number of amides is 2. The van der Waals surface area contributed by atoms with Crippen molar-refractivity contribution < 1.29 is 9.21 Å². The van der Waals surface area contributed by atoms with Crippen LogP contribution >= 0.6 is 11.3 Å². The largest absolute Gasteiger partial charge is 0.467 e. The van der Waals surface area contributed by atoms with Crippen LogP contribution in [-0.4, -0.2) is 30.1 Å². The van der Waals surface area contributed by atoms with E-state index < -0.39 is 0 Å². The number of carbonyl (C=O) groups is 1. The van der Waals surface area contributed by atoms with Gasteiger partial charge in [0.2, 0.25) is 0 Å². The normalized spacial score (nSPS) is 16.0. The van der Waals surface area contributed by atoms with E-state index in [0.29, 0.717) is 19.1 Å². The zero-order chi connectivity index (χ0) is 15.4. The molecule has 2 amide bonds. The second kappa shape index (κ2) is 6.98. The van der Waals surface area contributed by atoms with E-state index in [0.717, 1.165) is 25.3 Å². The third-order valence-electron chi connectivity index (χ3n) is 4.02. The molecular weight excluding hydrogens is 298 g/mol. The molecule has 0 radical (unpaired) electrons. The molecule has 1 aliphatic heterocycles. The molecule has 0 aliphatic carbocycles. The number of hydrogen-bond donors (Lipinski definition) is 2. The number of furan rings is 1. The fourth-order valence-corrected chi connectivity index (χ4v) is 3.55. The number of nitrogens with one attached hydrogen (secondary N) is 2. The first-order valence-corrected chi connectivity index (χ1v) is 8.43. The first-order valence-electron chi connectivity index (χ1n) is 7.56. The van der Waals surface area contributed by atoms with Crippen molar-refractivity contribution in [3.8, 4) is 0 Å². The van der Waals surface area contributed by atoms with Gasteiger partial charge in [-0.2, -0.15) is 0 Å². The lowest BCUT2D eigenvalue weighted by Crippen LogP contribution is -2.46. The minimum absolute atomic E-state index is 0.156. The minimum atomic E-state index is -0.156. The molecule has 0 bridgehead atoms. The van der Waals surface area contributed by atoms with Gasteiger partial charge in [0.05, 0.1) is 12.8 Å². The van der Waals surface area contributed by atoms with Crippen LogP contribution in [0, 0.1) is 0 Å². The standard InChI is InChI=1S/C16H21N3O2S/c1-12(19-6-4-15-13(11-19)5-8-22-15)9-17-16(20)18-10-14-3-2-7-21-14/h2-3,5,7-8,12H,4,6,9-11H2,1H3,(H2,17,18,20)/t12-/m0/s1. The molecule has 1 aliphatic rings. The minimum Gasteiger partial charge on any atom is -0.467 e. The van der Waals surface area contributed by atoms with Crippen molar-refractivity contribution in [2.75, 3.05) is 13.1 Å². The molecule has 0 fully saturated rings. The molecule has 0 saturated heterocycles. The maximum atomic E-state index is 11.8. The lowest BCUT2D eigenvalue weighted by Gasteiger charge is -2.32. The Balaban J connectivity index is 1.40. The van der Waals surface area contributed by atoms with Crippen molar-refractivity contribution in [2.45, 2.75) is 32.5 Å². The quantitative estimate of drug-likeness (QED) is 0.890. The second-order valence-corrected chi connectivity index (χ2v) is 6.58. The Bertz CT molecular complexity index is 609. The number of urea groups is 1. The van der Waals surface area contributed by atoms with Crippen molar-refractivity contribution in [2.24, 2.45) is 0 Å². The van der Waals surface area contributed by atoms with Crippen LogP contribution in [0.5, 0.6) is 0 Å². The highest BCUT2D eigenvalue weighted by Gasteiger charge is 2.21. The van der Waals surface area contributed by atoms with Crippen molar-refractivity contribution in [1.82, 2.24) is 15.5 Å². The molecule has 2 aromatic rings. The van der Waals surface area contributed by atoms with Crippen LogP contribution in [0.2, 0.25) is 0 Å². The molecule has 2 N–H and O–H groups in total. The third-order valence-corrected chi connectivity index (χ3v) is 5.04. The summed E-state index contributed by atoms with van der Waals surface area (Å²) in [6.45, 7) is 5.25. The van der Waals surface area contributed by atoms with Gasteiger partial charge in [0.1, 0.15) is 5.76 Å². The molecule has 0 saturated carbocycles. The van der Waals surface area contributed by atoms with Gasteiger partial charge < -0.3 is 15.1 Å². The van der Waals surface area contributed by atoms with E-state index in [1.165, 1.54) is 10.4 Å². The maximum absolute atomic E-state index is 11.8. The molecule has 2 aromatic heterocycles. The van der Waals surface area contributed by atoms with Gasteiger partial charge in [-0.1, -0.05) is 0 Å². The summed E-state index contributed by atoms with van der Waals surface area (Å²) in [5.41, 5.74) is 1.44. The SMILES string of the molecule is C[C@@H](CNC(=O)NCc1ccco1)N1CCc2sccc2C1. The van der Waals surface area contributed by atoms with Gasteiger partial charge in [-0.05, 0) is 42.5 Å². The molecule has 5 nitrogen and oxygen atoms in total. The number of fused-ring (bicyclic) bond motifs is 1. The van der Waals surface area contributed by atoms with E-state index in [1.54, 1.807) is 6.26 Å². The number of carbonyl (C=O) groups excluding carboxylic acids is 1. The van der Waals surface area contributed by atoms with Gasteiger partial charge in [-0.3, -0.25) is 4.90 Å². The zero-order valence-electron chi connectivity index (χ0n) is 12.7. The van der Waals surface area contributed by atoms with Gasteiger partial charge in [0.25, 0.3) is 0 Å². The lowest BCUT2D eigenvalue weighted by molar-refractivity contribution is 0.186. The first kappa shape index (κ1) is 15.1. The summed E-state index contributed by atoms with van der Waals surface area (Å²) in [6, 6.07) is 6.03. The molecule has 3 heterocycles. The van der Waals surface area contributed by atoms with E-state index >= 15 is 0 Å². The Morgan fingerprint density at radius 3 is 3.18 bits per heavy atom. The number of rotatable bonds is 5. The fraction of sp³-hybridized carbons (Fsp3) is 0.438. The topological polar surface area (TPSA) is 57.5 Å². The van der Waals surface area contributed by atoms with Crippen LogP contribution in [0.4, 0.5) is 4.79 Å². The Morgan fingerprint density at radius 1 is 1.45 bits per heavy atom. The van der Waals surface area contributed by atoms with Gasteiger partial charge in [0.15, 0.2) is 0 Å². The van der Waals surface area contributed by atoms with Crippen LogP contribution in [-0.2, 0) is 19.5 Å². The summed E-state index contributed by atoms with van der Waals surface area (Å²) in [7, 11) is 0. The van der Waals surface area contributed by atoms with Crippen molar-refractivity contribution in [3.05, 3.63) is 46.0 Å². The Kier molecular flexibility index (Phi) is 4.80. The first-order chi connectivity index (χ1) is 10.7. The average Bonchev–Trinajstić information content (AvgIpc) is 3.20. The number of nitrogens with zero attached hydrogens (tertiary/aromatic N) is 1. The summed E-state index contributed by atoms with van der Waals surface area (Å²) in [5.74, 6) is 0.754. The Hall–Kier alpha value is -1.79. The summed E-state index contributed by atoms with van der Waals surface area (Å²) in [4.78, 5) is 15.7. The van der Waals surface area contributed by atoms with Crippen molar-refractivity contribution >= 4 is 17.4 Å². The van der Waals surface area contributed by atoms with Crippen LogP contribution in [0.1, 0.15) is 23.1 Å². The molecule has 0 spiro atoms. The Labute approximate surface area is 134 Å². The van der Waals surface area contributed by atoms with E-state index in [-0.39, 0.29) is 6.03 Å². The van der Waals surface area contributed by atoms with Gasteiger partial charge in [0, 0.05) is 30.6 Å². The van der Waals surface area contributed by atoms with Crippen LogP contribution in [0.3, 0.4) is 0 Å². The summed E-state index contributed by atoms with van der Waals surface area (Å²) >= 11 is 1.85. The predicted octanol–water partition coefficient (Wildman–Crippen LogP) is 2.59. The van der Waals surface area contributed by atoms with Gasteiger partial charge in [-0.25, -0.2) is 4.79 Å². The zero-order valence-corrected chi connectivity index (χ0v) is 13.5. The van der Waals surface area contributed by atoms with Gasteiger partial charge >= 0.3 is 6.03 Å². The molecule has 1 atom stereocenters. The highest BCUT2D eigenvalue weighted by atomic mass is 32.1. The molecule has 6 heteroatoms. The van der Waals surface area contributed by atoms with Crippen LogP contribution in [0.25, 0.3) is 0 Å². The van der Waals surface area contributed by atoms with E-state index in [9.17, 15) is 4.79 Å². The molecular formula is C16H21N3O2S. The van der Waals surface area contributed by atoms with E-state index in [4.69, 9.17) is 4.42 Å². The van der Waals surface area contributed by atoms with Crippen molar-refractivity contribution in [1.29, 1.82) is 0 Å². The lowest BCUT2D eigenvalue weighted by atomic mass is 10.1. The second-order valence-electron chi connectivity index (χ2n) is 5.58. The molecule has 0 aromatic carbocycles. The molecule has 3 rings (SSSR count). The molecule has 0 unspecified atom stereocenters.